The fraction of sp³-hybridized carbons (Fsp3) is 0.571. The molecule has 2 aromatic rings. The van der Waals surface area contributed by atoms with E-state index in [0.717, 1.165) is 55.9 Å². The molecule has 0 aliphatic carbocycles. The van der Waals surface area contributed by atoms with E-state index in [4.69, 9.17) is 4.42 Å². The molecule has 4 fully saturated rings. The van der Waals surface area contributed by atoms with Gasteiger partial charge in [0.15, 0.2) is 5.76 Å². The summed E-state index contributed by atoms with van der Waals surface area (Å²) in [7, 11) is 0. The van der Waals surface area contributed by atoms with E-state index in [1.54, 1.807) is 18.3 Å². The van der Waals surface area contributed by atoms with E-state index >= 15 is 0 Å². The fourth-order valence-corrected chi connectivity index (χ4v) is 5.76. The number of thioether (sulfide) groups is 1. The summed E-state index contributed by atoms with van der Waals surface area (Å²) in [6, 6.07) is 3.89. The van der Waals surface area contributed by atoms with Crippen molar-refractivity contribution in [2.75, 3.05) is 37.7 Å². The Hall–Kier alpha value is -2.06. The van der Waals surface area contributed by atoms with Gasteiger partial charge < -0.3 is 14.6 Å². The van der Waals surface area contributed by atoms with Crippen molar-refractivity contribution in [3.8, 4) is 0 Å². The van der Waals surface area contributed by atoms with Gasteiger partial charge in [-0.25, -0.2) is 0 Å². The Labute approximate surface area is 174 Å². The number of rotatable bonds is 3. The SMILES string of the molecule is CC1C(NC(=O)c2cc3oc(C(=O)N4CCSCC4)cc3cn2)C2CCN1CC2. The van der Waals surface area contributed by atoms with E-state index in [1.165, 1.54) is 0 Å². The Morgan fingerprint density at radius 2 is 1.93 bits per heavy atom. The van der Waals surface area contributed by atoms with Crippen molar-refractivity contribution in [1.29, 1.82) is 0 Å². The van der Waals surface area contributed by atoms with Crippen LogP contribution >= 0.6 is 11.8 Å². The molecule has 0 radical (unpaired) electrons. The van der Waals surface area contributed by atoms with Gasteiger partial charge in [-0.3, -0.25) is 19.5 Å². The van der Waals surface area contributed by atoms with Gasteiger partial charge in [0.2, 0.25) is 0 Å². The molecule has 6 rings (SSSR count). The lowest BCUT2D eigenvalue weighted by Gasteiger charge is -2.49. The van der Waals surface area contributed by atoms with Crippen molar-refractivity contribution in [1.82, 2.24) is 20.1 Å². The second kappa shape index (κ2) is 7.65. The van der Waals surface area contributed by atoms with E-state index in [1.807, 2.05) is 16.7 Å². The minimum Gasteiger partial charge on any atom is -0.451 e. The number of piperidine rings is 3. The molecule has 6 heterocycles. The minimum atomic E-state index is -0.171. The van der Waals surface area contributed by atoms with Crippen LogP contribution < -0.4 is 5.32 Å². The second-order valence-electron chi connectivity index (χ2n) is 8.24. The first kappa shape index (κ1) is 18.9. The van der Waals surface area contributed by atoms with E-state index in [2.05, 4.69) is 22.1 Å². The van der Waals surface area contributed by atoms with Crippen LogP contribution in [0.15, 0.2) is 22.7 Å². The van der Waals surface area contributed by atoms with Crippen molar-refractivity contribution in [2.45, 2.75) is 31.8 Å². The van der Waals surface area contributed by atoms with Gasteiger partial charge in [0.25, 0.3) is 11.8 Å². The van der Waals surface area contributed by atoms with E-state index in [9.17, 15) is 9.59 Å². The third-order valence-corrected chi connectivity index (χ3v) is 7.56. The highest BCUT2D eigenvalue weighted by atomic mass is 32.2. The van der Waals surface area contributed by atoms with Crippen molar-refractivity contribution in [2.24, 2.45) is 5.92 Å². The summed E-state index contributed by atoms with van der Waals surface area (Å²) >= 11 is 1.86. The van der Waals surface area contributed by atoms with Gasteiger partial charge in [-0.1, -0.05) is 0 Å². The normalized spacial score (nSPS) is 29.2. The Balaban J connectivity index is 1.33. The molecule has 2 unspecified atom stereocenters. The predicted octanol–water partition coefficient (Wildman–Crippen LogP) is 2.23. The summed E-state index contributed by atoms with van der Waals surface area (Å²) in [5.41, 5.74) is 0.866. The highest BCUT2D eigenvalue weighted by molar-refractivity contribution is 7.99. The molecule has 29 heavy (non-hydrogen) atoms. The summed E-state index contributed by atoms with van der Waals surface area (Å²) in [5.74, 6) is 2.50. The van der Waals surface area contributed by atoms with Gasteiger partial charge >= 0.3 is 0 Å². The van der Waals surface area contributed by atoms with Crippen LogP contribution in [0.5, 0.6) is 0 Å². The number of carbonyl (C=O) groups excluding carboxylic acids is 2. The summed E-state index contributed by atoms with van der Waals surface area (Å²) < 4.78 is 5.81. The second-order valence-corrected chi connectivity index (χ2v) is 9.46. The number of aromatic nitrogens is 1. The van der Waals surface area contributed by atoms with Crippen LogP contribution in [0.4, 0.5) is 0 Å². The first-order valence-electron chi connectivity index (χ1n) is 10.4. The lowest BCUT2D eigenvalue weighted by atomic mass is 9.79. The topological polar surface area (TPSA) is 78.7 Å². The molecule has 2 bridgehead atoms. The number of fused-ring (bicyclic) bond motifs is 4. The Morgan fingerprint density at radius 1 is 1.17 bits per heavy atom. The molecule has 0 spiro atoms. The molecule has 0 aromatic carbocycles. The lowest BCUT2D eigenvalue weighted by Crippen LogP contribution is -2.62. The molecule has 154 valence electrons. The van der Waals surface area contributed by atoms with Gasteiger partial charge in [-0.05, 0) is 44.8 Å². The molecule has 2 amide bonds. The van der Waals surface area contributed by atoms with Gasteiger partial charge in [-0.15, -0.1) is 0 Å². The van der Waals surface area contributed by atoms with Crippen molar-refractivity contribution in [3.63, 3.8) is 0 Å². The molecule has 1 N–H and O–H groups in total. The molecule has 4 aliphatic rings. The maximum atomic E-state index is 12.9. The van der Waals surface area contributed by atoms with Crippen LogP contribution in [-0.4, -0.2) is 76.4 Å². The van der Waals surface area contributed by atoms with Crippen molar-refractivity contribution >= 4 is 34.5 Å². The molecule has 2 atom stereocenters. The highest BCUT2D eigenvalue weighted by Crippen LogP contribution is 2.32. The van der Waals surface area contributed by atoms with Crippen molar-refractivity contribution < 1.29 is 14.0 Å². The molecule has 4 aliphatic heterocycles. The lowest BCUT2D eigenvalue weighted by molar-refractivity contribution is 0.0216. The Kier molecular flexibility index (Phi) is 4.99. The number of nitrogens with zero attached hydrogens (tertiary/aromatic N) is 3. The Morgan fingerprint density at radius 3 is 2.66 bits per heavy atom. The number of pyridine rings is 1. The third kappa shape index (κ3) is 3.53. The number of nitrogens with one attached hydrogen (secondary N) is 1. The van der Waals surface area contributed by atoms with Crippen LogP contribution in [0.3, 0.4) is 0 Å². The first-order valence-corrected chi connectivity index (χ1v) is 11.6. The summed E-state index contributed by atoms with van der Waals surface area (Å²) in [5, 5.41) is 3.94. The number of hydrogen-bond acceptors (Lipinski definition) is 6. The molecule has 8 heteroatoms. The highest BCUT2D eigenvalue weighted by Gasteiger charge is 2.40. The zero-order valence-corrected chi connectivity index (χ0v) is 17.4. The van der Waals surface area contributed by atoms with Crippen LogP contribution in [0.1, 0.15) is 40.8 Å². The zero-order valence-electron chi connectivity index (χ0n) is 16.6. The van der Waals surface area contributed by atoms with E-state index < -0.39 is 0 Å². The standard InChI is InChI=1S/C21H26N4O3S/c1-13-19(14-2-4-24(13)5-3-14)23-20(26)16-11-17-15(12-22-16)10-18(28-17)21(27)25-6-8-29-9-7-25/h10-14,19H,2-9H2,1H3,(H,23,26). The predicted molar refractivity (Wildman–Crippen MR) is 112 cm³/mol. The third-order valence-electron chi connectivity index (χ3n) is 6.62. The summed E-state index contributed by atoms with van der Waals surface area (Å²) in [6.07, 6.45) is 3.90. The van der Waals surface area contributed by atoms with Crippen LogP contribution in [0, 0.1) is 5.92 Å². The number of carbonyl (C=O) groups is 2. The molecule has 0 saturated carbocycles. The molecule has 4 saturated heterocycles. The van der Waals surface area contributed by atoms with Gasteiger partial charge in [0.05, 0.1) is 0 Å². The maximum absolute atomic E-state index is 12.9. The van der Waals surface area contributed by atoms with Crippen LogP contribution in [0.25, 0.3) is 11.0 Å². The molecular weight excluding hydrogens is 388 g/mol. The summed E-state index contributed by atoms with van der Waals surface area (Å²) in [4.78, 5) is 34.1. The van der Waals surface area contributed by atoms with E-state index in [-0.39, 0.29) is 17.9 Å². The quantitative estimate of drug-likeness (QED) is 0.830. The van der Waals surface area contributed by atoms with E-state index in [0.29, 0.717) is 29.0 Å². The van der Waals surface area contributed by atoms with Crippen LogP contribution in [0.2, 0.25) is 0 Å². The maximum Gasteiger partial charge on any atom is 0.289 e. The van der Waals surface area contributed by atoms with Gasteiger partial charge in [0.1, 0.15) is 11.3 Å². The average molecular weight is 415 g/mol. The smallest absolute Gasteiger partial charge is 0.289 e. The van der Waals surface area contributed by atoms with Crippen LogP contribution in [-0.2, 0) is 0 Å². The van der Waals surface area contributed by atoms with Crippen molar-refractivity contribution in [3.05, 3.63) is 29.8 Å². The minimum absolute atomic E-state index is 0.0893. The first-order chi connectivity index (χ1) is 14.1. The molecule has 7 nitrogen and oxygen atoms in total. The van der Waals surface area contributed by atoms with Gasteiger partial charge in [0, 0.05) is 54.3 Å². The fourth-order valence-electron chi connectivity index (χ4n) is 4.86. The molecular formula is C21H26N4O3S. The summed E-state index contributed by atoms with van der Waals surface area (Å²) in [6.45, 7) is 5.92. The monoisotopic (exact) mass is 414 g/mol. The zero-order chi connectivity index (χ0) is 20.0. The van der Waals surface area contributed by atoms with Gasteiger partial charge in [-0.2, -0.15) is 11.8 Å². The molecule has 2 aromatic heterocycles. The number of furan rings is 1. The number of hydrogen-bond donors (Lipinski definition) is 1. The average Bonchev–Trinajstić information content (AvgIpc) is 3.20. The Bertz CT molecular complexity index is 929. The number of amides is 2. The largest absolute Gasteiger partial charge is 0.451 e.